The minimum Gasteiger partial charge on any atom is -0.372 e. The van der Waals surface area contributed by atoms with Gasteiger partial charge in [-0.2, -0.15) is 0 Å². The van der Waals surface area contributed by atoms with E-state index in [1.54, 1.807) is 0 Å². The van der Waals surface area contributed by atoms with E-state index in [2.05, 4.69) is 89.1 Å². The van der Waals surface area contributed by atoms with Crippen LogP contribution in [0, 0.1) is 18.8 Å². The molecule has 8 heteroatoms. The van der Waals surface area contributed by atoms with Gasteiger partial charge in [0.15, 0.2) is 0 Å². The topological polar surface area (TPSA) is 106 Å². The summed E-state index contributed by atoms with van der Waals surface area (Å²) in [6.07, 6.45) is 4.82. The molecule has 3 unspecified atom stereocenters. The molecule has 0 radical (unpaired) electrons. The average molecular weight is 577 g/mol. The molecule has 2 rings (SSSR count). The molecule has 1 aromatic heterocycles. The first-order valence-corrected chi connectivity index (χ1v) is 15.8. The SMILES string of the molecule is CC.CCCNC(CC(OCCC)c1nc(C(=O)NC(Cc2ccc(C)cc2)CC(C)C)cs1)C(C)C.NC=O. The van der Waals surface area contributed by atoms with Crippen LogP contribution < -0.4 is 16.4 Å². The molecule has 0 aliphatic heterocycles. The third-order valence-electron chi connectivity index (χ3n) is 6.18. The summed E-state index contributed by atoms with van der Waals surface area (Å²) in [7, 11) is 0. The Morgan fingerprint density at radius 1 is 1.07 bits per heavy atom. The lowest BCUT2D eigenvalue weighted by Gasteiger charge is -2.26. The molecule has 2 aromatic rings. The highest BCUT2D eigenvalue weighted by Crippen LogP contribution is 2.28. The molecule has 3 atom stereocenters. The number of carbonyl (C=O) groups excluding carboxylic acids is 2. The van der Waals surface area contributed by atoms with E-state index in [4.69, 9.17) is 14.5 Å². The van der Waals surface area contributed by atoms with Crippen LogP contribution in [-0.4, -0.2) is 42.5 Å². The molecule has 0 bridgehead atoms. The standard InChI is InChI=1S/C29H47N3O2S.C2H6.CH3NO/c1-8-14-30-25(21(5)6)18-27(34-15-9-2)29-32-26(19-35-29)28(33)31-24(16-20(3)4)17-23-12-10-22(7)11-13-23;1-2;2-1-3/h10-13,19-21,24-25,27,30H,8-9,14-18H2,1-7H3,(H,31,33);1-2H3;1H,(H2,2,3). The lowest BCUT2D eigenvalue weighted by atomic mass is 9.96. The van der Waals surface area contributed by atoms with Crippen LogP contribution in [0.4, 0.5) is 0 Å². The van der Waals surface area contributed by atoms with Gasteiger partial charge in [0.05, 0.1) is 0 Å². The van der Waals surface area contributed by atoms with E-state index in [0.29, 0.717) is 30.2 Å². The van der Waals surface area contributed by atoms with Crippen molar-refractivity contribution in [2.24, 2.45) is 17.6 Å². The van der Waals surface area contributed by atoms with Crippen molar-refractivity contribution >= 4 is 23.7 Å². The van der Waals surface area contributed by atoms with Crippen molar-refractivity contribution in [1.29, 1.82) is 0 Å². The van der Waals surface area contributed by atoms with E-state index < -0.39 is 0 Å². The summed E-state index contributed by atoms with van der Waals surface area (Å²) in [6.45, 7) is 21.0. The second-order valence-electron chi connectivity index (χ2n) is 10.6. The average Bonchev–Trinajstić information content (AvgIpc) is 3.41. The number of nitrogens with zero attached hydrogens (tertiary/aromatic N) is 1. The number of rotatable bonds is 16. The predicted molar refractivity (Wildman–Crippen MR) is 170 cm³/mol. The molecule has 2 amide bonds. The number of aryl methyl sites for hydroxylation is 1. The van der Waals surface area contributed by atoms with Crippen molar-refractivity contribution in [3.8, 4) is 0 Å². The van der Waals surface area contributed by atoms with Crippen LogP contribution in [-0.2, 0) is 16.0 Å². The molecule has 228 valence electrons. The van der Waals surface area contributed by atoms with Gasteiger partial charge in [0.1, 0.15) is 16.8 Å². The van der Waals surface area contributed by atoms with E-state index in [-0.39, 0.29) is 24.5 Å². The first-order valence-electron chi connectivity index (χ1n) is 15.0. The van der Waals surface area contributed by atoms with Crippen LogP contribution in [0.3, 0.4) is 0 Å². The zero-order valence-electron chi connectivity index (χ0n) is 26.5. The number of nitrogens with two attached hydrogens (primary N) is 1. The lowest BCUT2D eigenvalue weighted by molar-refractivity contribution is -0.106. The van der Waals surface area contributed by atoms with Crippen LogP contribution in [0.15, 0.2) is 29.6 Å². The molecule has 1 heterocycles. The molecule has 40 heavy (non-hydrogen) atoms. The molecule has 0 saturated heterocycles. The van der Waals surface area contributed by atoms with E-state index in [9.17, 15) is 4.79 Å². The quantitative estimate of drug-likeness (QED) is 0.190. The summed E-state index contributed by atoms with van der Waals surface area (Å²) in [6, 6.07) is 9.00. The molecule has 1 aromatic carbocycles. The second kappa shape index (κ2) is 22.4. The lowest BCUT2D eigenvalue weighted by Crippen LogP contribution is -2.37. The van der Waals surface area contributed by atoms with Crippen LogP contribution in [0.5, 0.6) is 0 Å². The highest BCUT2D eigenvalue weighted by molar-refractivity contribution is 7.09. The highest BCUT2D eigenvalue weighted by atomic mass is 32.1. The summed E-state index contributed by atoms with van der Waals surface area (Å²) >= 11 is 1.54. The Balaban J connectivity index is 0.00000284. The summed E-state index contributed by atoms with van der Waals surface area (Å²) in [5, 5.41) is 9.70. The summed E-state index contributed by atoms with van der Waals surface area (Å²) < 4.78 is 6.23. The molecule has 0 aliphatic rings. The van der Waals surface area contributed by atoms with Gasteiger partial charge in [-0.1, -0.05) is 85.2 Å². The Bertz CT molecular complexity index is 915. The van der Waals surface area contributed by atoms with Crippen LogP contribution in [0.25, 0.3) is 0 Å². The largest absolute Gasteiger partial charge is 0.372 e. The normalized spacial score (nSPS) is 13.0. The fourth-order valence-corrected chi connectivity index (χ4v) is 5.08. The van der Waals surface area contributed by atoms with Gasteiger partial charge in [0.2, 0.25) is 6.41 Å². The molecule has 0 saturated carbocycles. The third-order valence-corrected chi connectivity index (χ3v) is 7.11. The van der Waals surface area contributed by atoms with Gasteiger partial charge < -0.3 is 21.1 Å². The molecule has 7 nitrogen and oxygen atoms in total. The molecular weight excluding hydrogens is 520 g/mol. The third kappa shape index (κ3) is 15.5. The Morgan fingerprint density at radius 2 is 1.70 bits per heavy atom. The fourth-order valence-electron chi connectivity index (χ4n) is 4.22. The van der Waals surface area contributed by atoms with E-state index >= 15 is 0 Å². The van der Waals surface area contributed by atoms with Crippen LogP contribution in [0.2, 0.25) is 0 Å². The van der Waals surface area contributed by atoms with Crippen LogP contribution in [0.1, 0.15) is 114 Å². The predicted octanol–water partition coefficient (Wildman–Crippen LogP) is 6.85. The Morgan fingerprint density at radius 3 is 2.23 bits per heavy atom. The maximum Gasteiger partial charge on any atom is 0.270 e. The number of amides is 2. The molecule has 0 aliphatic carbocycles. The van der Waals surface area contributed by atoms with Gasteiger partial charge in [-0.05, 0) is 63.0 Å². The Hall–Kier alpha value is -2.29. The van der Waals surface area contributed by atoms with Crippen LogP contribution >= 0.6 is 11.3 Å². The number of thiazole rings is 1. The van der Waals surface area contributed by atoms with Gasteiger partial charge >= 0.3 is 0 Å². The summed E-state index contributed by atoms with van der Waals surface area (Å²) in [4.78, 5) is 26.5. The van der Waals surface area contributed by atoms with Gasteiger partial charge in [0, 0.05) is 24.1 Å². The number of primary amides is 1. The van der Waals surface area contributed by atoms with E-state index in [0.717, 1.165) is 43.7 Å². The molecule has 0 fully saturated rings. The minimum absolute atomic E-state index is 0.0751. The summed E-state index contributed by atoms with van der Waals surface area (Å²) in [5.74, 6) is 0.895. The molecular formula is C32H56N4O3S. The Labute approximate surface area is 248 Å². The number of carbonyl (C=O) groups is 2. The maximum absolute atomic E-state index is 13.2. The number of benzene rings is 1. The zero-order chi connectivity index (χ0) is 30.5. The van der Waals surface area contributed by atoms with Gasteiger partial charge in [-0.25, -0.2) is 4.98 Å². The van der Waals surface area contributed by atoms with Crippen molar-refractivity contribution < 1.29 is 14.3 Å². The number of ether oxygens (including phenoxy) is 1. The summed E-state index contributed by atoms with van der Waals surface area (Å²) in [5.41, 5.74) is 7.15. The van der Waals surface area contributed by atoms with Gasteiger partial charge in [-0.15, -0.1) is 11.3 Å². The van der Waals surface area contributed by atoms with Crippen molar-refractivity contribution in [2.45, 2.75) is 113 Å². The van der Waals surface area contributed by atoms with Crippen molar-refractivity contribution in [3.63, 3.8) is 0 Å². The fraction of sp³-hybridized carbons (Fsp3) is 0.656. The smallest absolute Gasteiger partial charge is 0.270 e. The molecule has 4 N–H and O–H groups in total. The monoisotopic (exact) mass is 576 g/mol. The first kappa shape index (κ1) is 37.7. The van der Waals surface area contributed by atoms with Gasteiger partial charge in [-0.3, -0.25) is 9.59 Å². The maximum atomic E-state index is 13.2. The van der Waals surface area contributed by atoms with Gasteiger partial charge in [0.25, 0.3) is 5.91 Å². The van der Waals surface area contributed by atoms with E-state index in [1.807, 2.05) is 19.2 Å². The number of nitrogens with one attached hydrogen (secondary N) is 2. The van der Waals surface area contributed by atoms with Crippen molar-refractivity contribution in [1.82, 2.24) is 15.6 Å². The van der Waals surface area contributed by atoms with E-state index in [1.165, 1.54) is 22.5 Å². The Kier molecular flexibility index (Phi) is 21.1. The minimum atomic E-state index is -0.0997. The number of hydrogen-bond acceptors (Lipinski definition) is 6. The molecule has 0 spiro atoms. The highest BCUT2D eigenvalue weighted by Gasteiger charge is 2.25. The number of hydrogen-bond donors (Lipinski definition) is 3. The van der Waals surface area contributed by atoms with Crippen molar-refractivity contribution in [2.75, 3.05) is 13.2 Å². The number of aromatic nitrogens is 1. The first-order chi connectivity index (χ1) is 19.1. The second-order valence-corrected chi connectivity index (χ2v) is 11.5. The zero-order valence-corrected chi connectivity index (χ0v) is 27.3. The van der Waals surface area contributed by atoms with Crippen molar-refractivity contribution in [3.05, 3.63) is 51.5 Å².